The van der Waals surface area contributed by atoms with Gasteiger partial charge in [0.25, 0.3) is 0 Å². The minimum absolute atomic E-state index is 1.10. The topological polar surface area (TPSA) is 3.24 Å². The van der Waals surface area contributed by atoms with Crippen molar-refractivity contribution in [3.63, 3.8) is 0 Å². The number of benzene rings is 11. The predicted molar refractivity (Wildman–Crippen MR) is 245 cm³/mol. The van der Waals surface area contributed by atoms with Crippen LogP contribution in [0.25, 0.3) is 87.2 Å². The van der Waals surface area contributed by atoms with E-state index in [0.29, 0.717) is 0 Å². The molecule has 57 heavy (non-hydrogen) atoms. The molecule has 0 atom stereocenters. The molecule has 0 radical (unpaired) electrons. The molecule has 0 fully saturated rings. The maximum Gasteiger partial charge on any atom is 0.0624 e. The SMILES string of the molecule is c1ccc(-c2c(N(c3ccc(-c4ccc5c(ccc6ccccc65)c4)cc3)c3cccc(-c4cccc5ccccc45)c3)c3ccccc3c3ccccc23)cc1. The normalized spacial score (nSPS) is 11.5. The van der Waals surface area contributed by atoms with Crippen molar-refractivity contribution in [1.29, 1.82) is 0 Å². The first-order chi connectivity index (χ1) is 28.3. The molecule has 266 valence electrons. The van der Waals surface area contributed by atoms with Crippen molar-refractivity contribution in [1.82, 2.24) is 0 Å². The molecule has 0 aromatic heterocycles. The van der Waals surface area contributed by atoms with Crippen molar-refractivity contribution in [3.8, 4) is 33.4 Å². The average Bonchev–Trinajstić information content (AvgIpc) is 3.29. The van der Waals surface area contributed by atoms with Gasteiger partial charge in [0, 0.05) is 22.3 Å². The zero-order valence-electron chi connectivity index (χ0n) is 31.3. The summed E-state index contributed by atoms with van der Waals surface area (Å²) >= 11 is 0. The molecule has 0 N–H and O–H groups in total. The van der Waals surface area contributed by atoms with Gasteiger partial charge < -0.3 is 4.90 Å². The summed E-state index contributed by atoms with van der Waals surface area (Å²) in [5.74, 6) is 0. The predicted octanol–water partition coefficient (Wildman–Crippen LogP) is 15.9. The summed E-state index contributed by atoms with van der Waals surface area (Å²) in [6.07, 6.45) is 0. The van der Waals surface area contributed by atoms with Gasteiger partial charge in [0.05, 0.1) is 5.69 Å². The Balaban J connectivity index is 1.15. The fraction of sp³-hybridized carbons (Fsp3) is 0. The van der Waals surface area contributed by atoms with Crippen LogP contribution in [0.15, 0.2) is 224 Å². The summed E-state index contributed by atoms with van der Waals surface area (Å²) < 4.78 is 0. The van der Waals surface area contributed by atoms with Gasteiger partial charge in [-0.05, 0) is 107 Å². The van der Waals surface area contributed by atoms with E-state index in [1.807, 2.05) is 0 Å². The van der Waals surface area contributed by atoms with E-state index in [0.717, 1.165) is 17.1 Å². The Hall–Kier alpha value is -7.48. The van der Waals surface area contributed by atoms with Gasteiger partial charge in [0.1, 0.15) is 0 Å². The van der Waals surface area contributed by atoms with E-state index in [2.05, 4.69) is 229 Å². The molecule has 0 heterocycles. The summed E-state index contributed by atoms with van der Waals surface area (Å²) in [5, 5.41) is 12.5. The van der Waals surface area contributed by atoms with Gasteiger partial charge in [-0.2, -0.15) is 0 Å². The van der Waals surface area contributed by atoms with E-state index in [-0.39, 0.29) is 0 Å². The third-order valence-electron chi connectivity index (χ3n) is 11.6. The average molecular weight is 724 g/mol. The first-order valence-corrected chi connectivity index (χ1v) is 19.7. The summed E-state index contributed by atoms with van der Waals surface area (Å²) in [6.45, 7) is 0. The molecule has 0 saturated heterocycles. The zero-order chi connectivity index (χ0) is 37.7. The van der Waals surface area contributed by atoms with E-state index in [9.17, 15) is 0 Å². The highest BCUT2D eigenvalue weighted by molar-refractivity contribution is 6.22. The van der Waals surface area contributed by atoms with Gasteiger partial charge in [-0.25, -0.2) is 0 Å². The second kappa shape index (κ2) is 13.7. The van der Waals surface area contributed by atoms with Crippen molar-refractivity contribution in [2.24, 2.45) is 0 Å². The van der Waals surface area contributed by atoms with Crippen LogP contribution >= 0.6 is 0 Å². The van der Waals surface area contributed by atoms with E-state index in [4.69, 9.17) is 0 Å². The van der Waals surface area contributed by atoms with Crippen LogP contribution in [-0.4, -0.2) is 0 Å². The first kappa shape index (κ1) is 32.9. The molecular formula is C56H37N. The van der Waals surface area contributed by atoms with Crippen LogP contribution in [0.1, 0.15) is 0 Å². The lowest BCUT2D eigenvalue weighted by atomic mass is 9.89. The number of fused-ring (bicyclic) bond motifs is 7. The smallest absolute Gasteiger partial charge is 0.0624 e. The molecule has 0 aliphatic carbocycles. The molecule has 0 bridgehead atoms. The summed E-state index contributed by atoms with van der Waals surface area (Å²) in [7, 11) is 0. The van der Waals surface area contributed by atoms with Crippen molar-refractivity contribution in [2.75, 3.05) is 4.90 Å². The van der Waals surface area contributed by atoms with Crippen LogP contribution in [0, 0.1) is 0 Å². The Bertz CT molecular complexity index is 3280. The fourth-order valence-corrected chi connectivity index (χ4v) is 8.94. The van der Waals surface area contributed by atoms with Gasteiger partial charge in [-0.3, -0.25) is 0 Å². The lowest BCUT2D eigenvalue weighted by Gasteiger charge is -2.31. The van der Waals surface area contributed by atoms with Crippen LogP contribution in [0.2, 0.25) is 0 Å². The summed E-state index contributed by atoms with van der Waals surface area (Å²) in [5.41, 5.74) is 10.6. The Morgan fingerprint density at radius 1 is 0.246 bits per heavy atom. The molecule has 0 aliphatic heterocycles. The summed E-state index contributed by atoms with van der Waals surface area (Å²) in [4.78, 5) is 2.49. The van der Waals surface area contributed by atoms with Crippen molar-refractivity contribution in [2.45, 2.75) is 0 Å². The third-order valence-corrected chi connectivity index (χ3v) is 11.6. The zero-order valence-corrected chi connectivity index (χ0v) is 31.3. The van der Waals surface area contributed by atoms with Crippen LogP contribution in [0.4, 0.5) is 17.1 Å². The van der Waals surface area contributed by atoms with Crippen LogP contribution in [-0.2, 0) is 0 Å². The van der Waals surface area contributed by atoms with E-state index >= 15 is 0 Å². The van der Waals surface area contributed by atoms with Gasteiger partial charge in [0.2, 0.25) is 0 Å². The standard InChI is InChI=1S/C56H37N/c1-2-16-41(17-3-1)55-53-25-10-8-23-51(53)52-24-9-11-26-54(52)56(55)57(46-20-12-19-43(37-46)49-27-13-18-39-14-4-6-21-47(39)49)45-33-30-38(31-34-45)42-32-35-50-44(36-42)29-28-40-15-5-7-22-48(40)50/h1-37H. The molecule has 11 rings (SSSR count). The maximum absolute atomic E-state index is 2.49. The molecule has 0 spiro atoms. The molecule has 11 aromatic carbocycles. The van der Waals surface area contributed by atoms with E-state index < -0.39 is 0 Å². The number of anilines is 3. The van der Waals surface area contributed by atoms with E-state index in [1.54, 1.807) is 0 Å². The molecular weight excluding hydrogens is 687 g/mol. The number of nitrogens with zero attached hydrogens (tertiary/aromatic N) is 1. The Kier molecular flexibility index (Phi) is 7.89. The van der Waals surface area contributed by atoms with Gasteiger partial charge in [-0.15, -0.1) is 0 Å². The molecule has 0 unspecified atom stereocenters. The Morgan fingerprint density at radius 3 is 1.58 bits per heavy atom. The first-order valence-electron chi connectivity index (χ1n) is 19.7. The minimum Gasteiger partial charge on any atom is -0.309 e. The van der Waals surface area contributed by atoms with Crippen molar-refractivity contribution < 1.29 is 0 Å². The van der Waals surface area contributed by atoms with Crippen LogP contribution < -0.4 is 4.90 Å². The molecule has 0 saturated carbocycles. The minimum atomic E-state index is 1.10. The second-order valence-electron chi connectivity index (χ2n) is 14.9. The van der Waals surface area contributed by atoms with E-state index in [1.165, 1.54) is 87.2 Å². The lowest BCUT2D eigenvalue weighted by Crippen LogP contribution is -2.12. The quantitative estimate of drug-likeness (QED) is 0.154. The fourth-order valence-electron chi connectivity index (χ4n) is 8.94. The van der Waals surface area contributed by atoms with Gasteiger partial charge in [0.15, 0.2) is 0 Å². The molecule has 1 nitrogen and oxygen atoms in total. The number of hydrogen-bond acceptors (Lipinski definition) is 1. The van der Waals surface area contributed by atoms with Gasteiger partial charge >= 0.3 is 0 Å². The molecule has 0 aliphatic rings. The number of rotatable bonds is 6. The lowest BCUT2D eigenvalue weighted by molar-refractivity contribution is 1.30. The monoisotopic (exact) mass is 723 g/mol. The Labute approximate surface area is 332 Å². The van der Waals surface area contributed by atoms with Crippen molar-refractivity contribution in [3.05, 3.63) is 224 Å². The largest absolute Gasteiger partial charge is 0.309 e. The number of hydrogen-bond donors (Lipinski definition) is 0. The Morgan fingerprint density at radius 2 is 0.789 bits per heavy atom. The van der Waals surface area contributed by atoms with Crippen molar-refractivity contribution >= 4 is 70.9 Å². The highest BCUT2D eigenvalue weighted by Crippen LogP contribution is 2.50. The molecule has 0 amide bonds. The highest BCUT2D eigenvalue weighted by Gasteiger charge is 2.24. The van der Waals surface area contributed by atoms with Crippen LogP contribution in [0.3, 0.4) is 0 Å². The maximum atomic E-state index is 2.49. The van der Waals surface area contributed by atoms with Crippen LogP contribution in [0.5, 0.6) is 0 Å². The molecule has 1 heteroatoms. The van der Waals surface area contributed by atoms with Gasteiger partial charge in [-0.1, -0.05) is 194 Å². The second-order valence-corrected chi connectivity index (χ2v) is 14.9. The molecule has 11 aromatic rings. The highest BCUT2D eigenvalue weighted by atomic mass is 15.1. The third kappa shape index (κ3) is 5.63. The summed E-state index contributed by atoms with van der Waals surface area (Å²) in [6, 6.07) is 82.1.